The number of nitrogens with one attached hydrogen (secondary N) is 2. The number of sulfonamides is 1. The molecule has 0 aliphatic carbocycles. The van der Waals surface area contributed by atoms with Crippen LogP contribution in [0.1, 0.15) is 37.0 Å². The van der Waals surface area contributed by atoms with Gasteiger partial charge in [0.2, 0.25) is 15.9 Å². The number of hydrogen-bond acceptors (Lipinski definition) is 4. The first-order valence-electron chi connectivity index (χ1n) is 6.68. The highest BCUT2D eigenvalue weighted by molar-refractivity contribution is 7.89. The van der Waals surface area contributed by atoms with Gasteiger partial charge in [0, 0.05) is 25.6 Å². The third kappa shape index (κ3) is 6.05. The van der Waals surface area contributed by atoms with Crippen molar-refractivity contribution in [2.45, 2.75) is 31.6 Å². The number of hydrogen-bond donors (Lipinski definition) is 2. The Morgan fingerprint density at radius 1 is 1.00 bits per heavy atom. The molecule has 6 nitrogen and oxygen atoms in total. The van der Waals surface area contributed by atoms with Crippen molar-refractivity contribution in [3.63, 3.8) is 0 Å². The summed E-state index contributed by atoms with van der Waals surface area (Å²) in [5.41, 5.74) is 0.476. The minimum absolute atomic E-state index is 0.0962. The van der Waals surface area contributed by atoms with Crippen LogP contribution in [-0.4, -0.2) is 33.2 Å². The molecule has 0 fully saturated rings. The molecule has 0 saturated heterocycles. The average Bonchev–Trinajstić information content (AvgIpc) is 2.42. The average molecular weight is 312 g/mol. The Labute approximate surface area is 125 Å². The molecule has 0 aromatic heterocycles. The zero-order chi connectivity index (χ0) is 15.9. The molecule has 1 aromatic carbocycles. The van der Waals surface area contributed by atoms with Gasteiger partial charge in [-0.1, -0.05) is 12.1 Å². The summed E-state index contributed by atoms with van der Waals surface area (Å²) in [6.45, 7) is 3.70. The Morgan fingerprint density at radius 2 is 1.57 bits per heavy atom. The van der Waals surface area contributed by atoms with Crippen LogP contribution < -0.4 is 10.0 Å². The molecule has 21 heavy (non-hydrogen) atoms. The first-order valence-corrected chi connectivity index (χ1v) is 8.16. The fourth-order valence-electron chi connectivity index (χ4n) is 1.67. The van der Waals surface area contributed by atoms with Gasteiger partial charge in [-0.2, -0.15) is 0 Å². The number of carbonyl (C=O) groups is 2. The summed E-state index contributed by atoms with van der Waals surface area (Å²) in [5, 5.41) is 2.64. The van der Waals surface area contributed by atoms with Crippen molar-refractivity contribution in [1.82, 2.24) is 10.0 Å². The SMILES string of the molecule is CC(=O)NCCCCNS(=O)(=O)c1ccc(C(C)=O)cc1. The van der Waals surface area contributed by atoms with Gasteiger partial charge in [0.25, 0.3) is 0 Å². The molecule has 0 aliphatic heterocycles. The van der Waals surface area contributed by atoms with Crippen LogP contribution in [0.2, 0.25) is 0 Å². The first kappa shape index (κ1) is 17.3. The predicted octanol–water partition coefficient (Wildman–Crippen LogP) is 1.08. The Kier molecular flexibility index (Phi) is 6.51. The predicted molar refractivity (Wildman–Crippen MR) is 79.6 cm³/mol. The van der Waals surface area contributed by atoms with E-state index in [0.717, 1.165) is 0 Å². The molecule has 0 unspecified atom stereocenters. The number of benzene rings is 1. The Balaban J connectivity index is 2.46. The molecule has 116 valence electrons. The van der Waals surface area contributed by atoms with Crippen molar-refractivity contribution in [2.75, 3.05) is 13.1 Å². The van der Waals surface area contributed by atoms with Crippen molar-refractivity contribution in [3.05, 3.63) is 29.8 Å². The zero-order valence-electron chi connectivity index (χ0n) is 12.2. The molecule has 0 radical (unpaired) electrons. The van der Waals surface area contributed by atoms with Gasteiger partial charge in [0.1, 0.15) is 0 Å². The summed E-state index contributed by atoms with van der Waals surface area (Å²) < 4.78 is 26.5. The van der Waals surface area contributed by atoms with Gasteiger partial charge >= 0.3 is 0 Å². The smallest absolute Gasteiger partial charge is 0.240 e. The van der Waals surface area contributed by atoms with Gasteiger partial charge < -0.3 is 5.32 Å². The second kappa shape index (κ2) is 7.90. The number of rotatable bonds is 8. The Hall–Kier alpha value is -1.73. The molecule has 2 N–H and O–H groups in total. The van der Waals surface area contributed by atoms with Crippen LogP contribution in [-0.2, 0) is 14.8 Å². The van der Waals surface area contributed by atoms with Crippen molar-refractivity contribution < 1.29 is 18.0 Å². The summed E-state index contributed by atoms with van der Waals surface area (Å²) in [6.07, 6.45) is 1.33. The minimum atomic E-state index is -3.55. The molecular formula is C14H20N2O4S. The van der Waals surface area contributed by atoms with E-state index in [0.29, 0.717) is 31.5 Å². The molecule has 0 bridgehead atoms. The van der Waals surface area contributed by atoms with E-state index < -0.39 is 10.0 Å². The third-order valence-corrected chi connectivity index (χ3v) is 4.32. The normalized spacial score (nSPS) is 11.1. The molecule has 0 heterocycles. The fourth-order valence-corrected chi connectivity index (χ4v) is 2.75. The van der Waals surface area contributed by atoms with Crippen LogP contribution in [0.15, 0.2) is 29.2 Å². The summed E-state index contributed by atoms with van der Waals surface area (Å²) in [7, 11) is -3.55. The minimum Gasteiger partial charge on any atom is -0.356 e. The molecular weight excluding hydrogens is 292 g/mol. The second-order valence-electron chi connectivity index (χ2n) is 4.67. The van der Waals surface area contributed by atoms with Crippen molar-refractivity contribution >= 4 is 21.7 Å². The molecule has 0 aliphatic rings. The molecule has 1 amide bonds. The van der Waals surface area contributed by atoms with Crippen LogP contribution >= 0.6 is 0 Å². The maximum atomic E-state index is 12.0. The van der Waals surface area contributed by atoms with E-state index >= 15 is 0 Å². The largest absolute Gasteiger partial charge is 0.356 e. The summed E-state index contributed by atoms with van der Waals surface area (Å²) in [5.74, 6) is -0.203. The highest BCUT2D eigenvalue weighted by Crippen LogP contribution is 2.11. The van der Waals surface area contributed by atoms with E-state index in [1.807, 2.05) is 0 Å². The van der Waals surface area contributed by atoms with Crippen LogP contribution in [0.4, 0.5) is 0 Å². The fraction of sp³-hybridized carbons (Fsp3) is 0.429. The van der Waals surface area contributed by atoms with E-state index in [1.165, 1.54) is 38.1 Å². The Bertz CT molecular complexity index is 594. The van der Waals surface area contributed by atoms with Crippen molar-refractivity contribution in [2.24, 2.45) is 0 Å². The Morgan fingerprint density at radius 3 is 2.10 bits per heavy atom. The lowest BCUT2D eigenvalue weighted by Gasteiger charge is -2.07. The molecule has 1 rings (SSSR count). The van der Waals surface area contributed by atoms with E-state index in [1.54, 1.807) is 0 Å². The lowest BCUT2D eigenvalue weighted by atomic mass is 10.2. The number of amides is 1. The number of unbranched alkanes of at least 4 members (excludes halogenated alkanes) is 1. The van der Waals surface area contributed by atoms with Crippen LogP contribution in [0.25, 0.3) is 0 Å². The van der Waals surface area contributed by atoms with E-state index in [9.17, 15) is 18.0 Å². The van der Waals surface area contributed by atoms with Crippen molar-refractivity contribution in [3.8, 4) is 0 Å². The highest BCUT2D eigenvalue weighted by Gasteiger charge is 2.13. The lowest BCUT2D eigenvalue weighted by molar-refractivity contribution is -0.118. The molecule has 1 aromatic rings. The molecule has 7 heteroatoms. The van der Waals surface area contributed by atoms with E-state index in [4.69, 9.17) is 0 Å². The van der Waals surface area contributed by atoms with Gasteiger partial charge in [-0.15, -0.1) is 0 Å². The maximum absolute atomic E-state index is 12.0. The van der Waals surface area contributed by atoms with Crippen LogP contribution in [0.3, 0.4) is 0 Å². The van der Waals surface area contributed by atoms with Crippen molar-refractivity contribution in [1.29, 1.82) is 0 Å². The van der Waals surface area contributed by atoms with Crippen LogP contribution in [0.5, 0.6) is 0 Å². The summed E-state index contributed by atoms with van der Waals surface area (Å²) in [6, 6.07) is 5.81. The summed E-state index contributed by atoms with van der Waals surface area (Å²) >= 11 is 0. The van der Waals surface area contributed by atoms with E-state index in [-0.39, 0.29) is 16.6 Å². The third-order valence-electron chi connectivity index (χ3n) is 2.84. The molecule has 0 spiro atoms. The maximum Gasteiger partial charge on any atom is 0.240 e. The zero-order valence-corrected chi connectivity index (χ0v) is 13.0. The monoisotopic (exact) mass is 312 g/mol. The lowest BCUT2D eigenvalue weighted by Crippen LogP contribution is -2.26. The van der Waals surface area contributed by atoms with Gasteiger partial charge in [0.15, 0.2) is 5.78 Å². The van der Waals surface area contributed by atoms with Gasteiger partial charge in [-0.05, 0) is 31.9 Å². The number of ketones is 1. The van der Waals surface area contributed by atoms with Gasteiger partial charge in [-0.25, -0.2) is 13.1 Å². The second-order valence-corrected chi connectivity index (χ2v) is 6.44. The number of Topliss-reactive ketones (excluding diaryl/α,β-unsaturated/α-hetero) is 1. The van der Waals surface area contributed by atoms with E-state index in [2.05, 4.69) is 10.0 Å². The van der Waals surface area contributed by atoms with Gasteiger partial charge in [-0.3, -0.25) is 9.59 Å². The highest BCUT2D eigenvalue weighted by atomic mass is 32.2. The quantitative estimate of drug-likeness (QED) is 0.555. The first-order chi connectivity index (χ1) is 9.83. The van der Waals surface area contributed by atoms with Crippen LogP contribution in [0, 0.1) is 0 Å². The topological polar surface area (TPSA) is 92.3 Å². The van der Waals surface area contributed by atoms with Gasteiger partial charge in [0.05, 0.1) is 4.90 Å². The summed E-state index contributed by atoms with van der Waals surface area (Å²) in [4.78, 5) is 21.9. The number of carbonyl (C=O) groups excluding carboxylic acids is 2. The standard InChI is InChI=1S/C14H20N2O4S/c1-11(17)13-5-7-14(8-6-13)21(19,20)16-10-4-3-9-15-12(2)18/h5-8,16H,3-4,9-10H2,1-2H3,(H,15,18). The molecule has 0 saturated carbocycles. The molecule has 0 atom stereocenters.